The molecule has 0 unspecified atom stereocenters. The van der Waals surface area contributed by atoms with Crippen molar-refractivity contribution in [3.8, 4) is 0 Å². The summed E-state index contributed by atoms with van der Waals surface area (Å²) in [5.74, 6) is 0.523. The van der Waals surface area contributed by atoms with Crippen molar-refractivity contribution in [2.24, 2.45) is 0 Å². The Labute approximate surface area is 200 Å². The van der Waals surface area contributed by atoms with Crippen LogP contribution >= 0.6 is 0 Å². The molecule has 0 aliphatic rings. The molecule has 0 bridgehead atoms. The summed E-state index contributed by atoms with van der Waals surface area (Å²) in [7, 11) is 0. The van der Waals surface area contributed by atoms with Gasteiger partial charge in [0.15, 0.2) is 5.78 Å². The zero-order valence-electron chi connectivity index (χ0n) is 20.0. The van der Waals surface area contributed by atoms with Gasteiger partial charge in [-0.3, -0.25) is 9.59 Å². The maximum atomic E-state index is 13.3. The molecule has 2 N–H and O–H groups in total. The van der Waals surface area contributed by atoms with E-state index in [4.69, 9.17) is 0 Å². The number of aryl methyl sites for hydroxylation is 1. The molecule has 0 radical (unpaired) electrons. The number of anilines is 2. The first-order chi connectivity index (χ1) is 16.2. The van der Waals surface area contributed by atoms with Crippen LogP contribution < -0.4 is 10.6 Å². The van der Waals surface area contributed by atoms with Gasteiger partial charge in [-0.2, -0.15) is 0 Å². The normalized spacial score (nSPS) is 11.3. The Kier molecular flexibility index (Phi) is 6.46. The quantitative estimate of drug-likeness (QED) is 0.331. The van der Waals surface area contributed by atoms with Gasteiger partial charge in [-0.05, 0) is 62.4 Å². The molecule has 172 valence electrons. The fraction of sp³-hybridized carbons (Fsp3) is 0.207. The fourth-order valence-corrected chi connectivity index (χ4v) is 3.86. The number of aromatic nitrogens is 1. The standard InChI is InChI=1S/C29H29N3O2/c1-19-13-14-21(26(33)17-20-9-6-5-7-10-20)18-25(19)31-28(34)24-12-8-11-23-22(24)15-16-30-27(23)32-29(2,3)4/h5-16,18H,17H2,1-4H3,(H,30,32)(H,31,34). The van der Waals surface area contributed by atoms with Crippen molar-refractivity contribution < 1.29 is 9.59 Å². The van der Waals surface area contributed by atoms with Gasteiger partial charge in [-0.1, -0.05) is 54.6 Å². The lowest BCUT2D eigenvalue weighted by Crippen LogP contribution is -2.26. The van der Waals surface area contributed by atoms with Gasteiger partial charge in [0.05, 0.1) is 0 Å². The van der Waals surface area contributed by atoms with Crippen LogP contribution in [0.15, 0.2) is 79.0 Å². The van der Waals surface area contributed by atoms with Crippen LogP contribution in [0.2, 0.25) is 0 Å². The number of nitrogens with one attached hydrogen (secondary N) is 2. The number of amides is 1. The van der Waals surface area contributed by atoms with E-state index in [0.717, 1.165) is 27.7 Å². The molecule has 1 amide bonds. The largest absolute Gasteiger partial charge is 0.365 e. The van der Waals surface area contributed by atoms with Crippen molar-refractivity contribution in [3.63, 3.8) is 0 Å². The third-order valence-electron chi connectivity index (χ3n) is 5.56. The number of carbonyl (C=O) groups excluding carboxylic acids is 2. The van der Waals surface area contributed by atoms with Crippen molar-refractivity contribution in [3.05, 3.63) is 101 Å². The molecule has 0 fully saturated rings. The van der Waals surface area contributed by atoms with Gasteiger partial charge in [0.2, 0.25) is 0 Å². The smallest absolute Gasteiger partial charge is 0.256 e. The summed E-state index contributed by atoms with van der Waals surface area (Å²) in [5, 5.41) is 8.12. The van der Waals surface area contributed by atoms with E-state index >= 15 is 0 Å². The molecule has 0 spiro atoms. The summed E-state index contributed by atoms with van der Waals surface area (Å²) in [4.78, 5) is 30.6. The minimum absolute atomic E-state index is 0.0100. The second-order valence-electron chi connectivity index (χ2n) is 9.50. The van der Waals surface area contributed by atoms with Crippen LogP contribution in [-0.2, 0) is 6.42 Å². The van der Waals surface area contributed by atoms with E-state index in [9.17, 15) is 9.59 Å². The van der Waals surface area contributed by atoms with Gasteiger partial charge in [0, 0.05) is 40.4 Å². The predicted molar refractivity (Wildman–Crippen MR) is 139 cm³/mol. The molecule has 0 aliphatic carbocycles. The topological polar surface area (TPSA) is 71.1 Å². The van der Waals surface area contributed by atoms with Gasteiger partial charge in [0.1, 0.15) is 5.82 Å². The van der Waals surface area contributed by atoms with E-state index < -0.39 is 0 Å². The van der Waals surface area contributed by atoms with Crippen LogP contribution in [0.4, 0.5) is 11.5 Å². The van der Waals surface area contributed by atoms with E-state index in [1.165, 1.54) is 0 Å². The van der Waals surface area contributed by atoms with Gasteiger partial charge < -0.3 is 10.6 Å². The summed E-state index contributed by atoms with van der Waals surface area (Å²) in [5.41, 5.74) is 3.44. The summed E-state index contributed by atoms with van der Waals surface area (Å²) >= 11 is 0. The molecule has 0 saturated carbocycles. The Bertz CT molecular complexity index is 1360. The molecule has 0 aliphatic heterocycles. The lowest BCUT2D eigenvalue weighted by Gasteiger charge is -2.22. The molecule has 1 heterocycles. The van der Waals surface area contributed by atoms with Gasteiger partial charge in [-0.25, -0.2) is 4.98 Å². The third-order valence-corrected chi connectivity index (χ3v) is 5.56. The number of hydrogen-bond donors (Lipinski definition) is 2. The van der Waals surface area contributed by atoms with E-state index in [1.54, 1.807) is 18.3 Å². The first-order valence-corrected chi connectivity index (χ1v) is 11.4. The van der Waals surface area contributed by atoms with Crippen LogP contribution in [-0.4, -0.2) is 22.2 Å². The molecule has 0 atom stereocenters. The highest BCUT2D eigenvalue weighted by molar-refractivity contribution is 6.14. The maximum Gasteiger partial charge on any atom is 0.256 e. The Balaban J connectivity index is 1.61. The van der Waals surface area contributed by atoms with Crippen molar-refractivity contribution in [2.75, 3.05) is 10.6 Å². The number of carbonyl (C=O) groups is 2. The summed E-state index contributed by atoms with van der Waals surface area (Å²) in [6.07, 6.45) is 2.03. The Morgan fingerprint density at radius 1 is 0.882 bits per heavy atom. The number of ketones is 1. The zero-order valence-corrected chi connectivity index (χ0v) is 20.0. The Morgan fingerprint density at radius 2 is 1.65 bits per heavy atom. The summed E-state index contributed by atoms with van der Waals surface area (Å²) in [6, 6.07) is 22.6. The number of fused-ring (bicyclic) bond motifs is 1. The lowest BCUT2D eigenvalue weighted by atomic mass is 10.0. The molecule has 4 rings (SSSR count). The molecule has 5 heteroatoms. The number of hydrogen-bond acceptors (Lipinski definition) is 4. The third kappa shape index (κ3) is 5.31. The van der Waals surface area contributed by atoms with Crippen LogP contribution in [0, 0.1) is 6.92 Å². The highest BCUT2D eigenvalue weighted by Crippen LogP contribution is 2.27. The molecule has 3 aromatic carbocycles. The number of Topliss-reactive ketones (excluding diaryl/α,β-unsaturated/α-hetero) is 1. The Morgan fingerprint density at radius 3 is 2.38 bits per heavy atom. The Hall–Kier alpha value is -3.99. The first kappa shape index (κ1) is 23.2. The van der Waals surface area contributed by atoms with Crippen LogP contribution in [0.5, 0.6) is 0 Å². The minimum atomic E-state index is -0.228. The predicted octanol–water partition coefficient (Wildman–Crippen LogP) is 6.43. The van der Waals surface area contributed by atoms with Crippen molar-refractivity contribution in [2.45, 2.75) is 39.7 Å². The molecular weight excluding hydrogens is 422 g/mol. The second-order valence-corrected chi connectivity index (χ2v) is 9.50. The number of pyridine rings is 1. The lowest BCUT2D eigenvalue weighted by molar-refractivity contribution is 0.0990. The van der Waals surface area contributed by atoms with Crippen molar-refractivity contribution in [1.29, 1.82) is 0 Å². The van der Waals surface area contributed by atoms with Gasteiger partial charge in [0.25, 0.3) is 5.91 Å². The van der Waals surface area contributed by atoms with Crippen molar-refractivity contribution in [1.82, 2.24) is 4.98 Å². The number of benzene rings is 3. The van der Waals surface area contributed by atoms with Gasteiger partial charge >= 0.3 is 0 Å². The summed E-state index contributed by atoms with van der Waals surface area (Å²) < 4.78 is 0. The molecular formula is C29H29N3O2. The maximum absolute atomic E-state index is 13.3. The molecule has 1 aromatic heterocycles. The average molecular weight is 452 g/mol. The minimum Gasteiger partial charge on any atom is -0.365 e. The van der Waals surface area contributed by atoms with Crippen LogP contribution in [0.25, 0.3) is 10.8 Å². The van der Waals surface area contributed by atoms with Gasteiger partial charge in [-0.15, -0.1) is 0 Å². The molecule has 34 heavy (non-hydrogen) atoms. The fourth-order valence-electron chi connectivity index (χ4n) is 3.86. The number of rotatable bonds is 6. The highest BCUT2D eigenvalue weighted by Gasteiger charge is 2.17. The monoisotopic (exact) mass is 451 g/mol. The number of nitrogens with zero attached hydrogens (tertiary/aromatic N) is 1. The SMILES string of the molecule is Cc1ccc(C(=O)Cc2ccccc2)cc1NC(=O)c1cccc2c(NC(C)(C)C)nccc12. The highest BCUT2D eigenvalue weighted by atomic mass is 16.1. The average Bonchev–Trinajstić information content (AvgIpc) is 2.80. The van der Waals surface area contributed by atoms with Crippen molar-refractivity contribution >= 4 is 34.0 Å². The first-order valence-electron chi connectivity index (χ1n) is 11.4. The summed E-state index contributed by atoms with van der Waals surface area (Å²) in [6.45, 7) is 8.12. The van der Waals surface area contributed by atoms with E-state index in [-0.39, 0.29) is 17.2 Å². The molecule has 4 aromatic rings. The molecule has 0 saturated heterocycles. The van der Waals surface area contributed by atoms with Crippen LogP contribution in [0.3, 0.4) is 0 Å². The van der Waals surface area contributed by atoms with E-state index in [2.05, 4.69) is 36.4 Å². The molecule has 5 nitrogen and oxygen atoms in total. The van der Waals surface area contributed by atoms with E-state index in [1.807, 2.05) is 67.6 Å². The van der Waals surface area contributed by atoms with E-state index in [0.29, 0.717) is 23.2 Å². The van der Waals surface area contributed by atoms with Crippen LogP contribution in [0.1, 0.15) is 52.6 Å². The zero-order chi connectivity index (χ0) is 24.3. The second kappa shape index (κ2) is 9.48.